The first kappa shape index (κ1) is 18.1. The van der Waals surface area contributed by atoms with E-state index in [-0.39, 0.29) is 19.8 Å². The second-order valence-electron chi connectivity index (χ2n) is 4.49. The summed E-state index contributed by atoms with van der Waals surface area (Å²) in [5.74, 6) is 0. The smallest absolute Gasteiger partial charge is 0.381 e. The van der Waals surface area contributed by atoms with E-state index in [9.17, 15) is 9.67 Å². The average molecular weight is 313 g/mol. The van der Waals surface area contributed by atoms with Gasteiger partial charge in [-0.1, -0.05) is 43.0 Å². The van der Waals surface area contributed by atoms with E-state index < -0.39 is 13.3 Å². The van der Waals surface area contributed by atoms with E-state index >= 15 is 0 Å². The van der Waals surface area contributed by atoms with Crippen molar-refractivity contribution in [2.75, 3.05) is 19.8 Å². The number of aliphatic hydroxyl groups is 1. The number of hydrogen-bond donors (Lipinski definition) is 2. The van der Waals surface area contributed by atoms with Gasteiger partial charge < -0.3 is 5.11 Å². The minimum absolute atomic E-state index is 0.273. The van der Waals surface area contributed by atoms with Crippen molar-refractivity contribution in [3.8, 4) is 0 Å². The molecule has 0 aliphatic rings. The largest absolute Gasteiger partial charge is 0.405 e. The van der Waals surface area contributed by atoms with Crippen molar-refractivity contribution >= 4 is 7.75 Å². The standard InChI is InChI=1S/C15H24NO4P/c1-4-15(17,14-10-8-7-9-11-14)12-13-16-21(18,19-5-2)20-6-3/h4,7-11,17H,1,5-6,12-13H2,2-3H3,(H,16,18). The molecule has 1 rings (SSSR count). The summed E-state index contributed by atoms with van der Waals surface area (Å²) in [6.45, 7) is 8.03. The van der Waals surface area contributed by atoms with Crippen molar-refractivity contribution in [2.45, 2.75) is 25.9 Å². The Morgan fingerprint density at radius 3 is 2.33 bits per heavy atom. The highest BCUT2D eigenvalue weighted by Gasteiger charge is 2.28. The fourth-order valence-electron chi connectivity index (χ4n) is 1.94. The van der Waals surface area contributed by atoms with Crippen LogP contribution in [0.1, 0.15) is 25.8 Å². The van der Waals surface area contributed by atoms with Crippen LogP contribution in [0, 0.1) is 0 Å². The summed E-state index contributed by atoms with van der Waals surface area (Å²) in [7, 11) is -3.30. The van der Waals surface area contributed by atoms with Crippen molar-refractivity contribution < 1.29 is 18.7 Å². The first-order valence-corrected chi connectivity index (χ1v) is 8.59. The minimum Gasteiger partial charge on any atom is -0.381 e. The molecule has 0 amide bonds. The Kier molecular flexibility index (Phi) is 7.29. The van der Waals surface area contributed by atoms with Gasteiger partial charge in [-0.15, -0.1) is 0 Å². The molecular formula is C15H24NO4P. The molecule has 1 atom stereocenters. The fourth-order valence-corrected chi connectivity index (χ4v) is 3.27. The van der Waals surface area contributed by atoms with Gasteiger partial charge in [0, 0.05) is 6.54 Å². The summed E-state index contributed by atoms with van der Waals surface area (Å²) < 4.78 is 22.5. The molecule has 0 saturated heterocycles. The Balaban J connectivity index is 2.67. The van der Waals surface area contributed by atoms with Crippen LogP contribution in [0.25, 0.3) is 0 Å². The summed E-state index contributed by atoms with van der Waals surface area (Å²) in [6, 6.07) is 9.23. The third kappa shape index (κ3) is 5.38. The normalized spacial score (nSPS) is 14.6. The van der Waals surface area contributed by atoms with Gasteiger partial charge in [0.15, 0.2) is 0 Å². The molecule has 0 aromatic heterocycles. The third-order valence-corrected chi connectivity index (χ3v) is 4.83. The quantitative estimate of drug-likeness (QED) is 0.513. The maximum absolute atomic E-state index is 12.3. The lowest BCUT2D eigenvalue weighted by molar-refractivity contribution is 0.0806. The van der Waals surface area contributed by atoms with E-state index in [2.05, 4.69) is 11.7 Å². The lowest BCUT2D eigenvalue weighted by Crippen LogP contribution is -2.28. The number of rotatable bonds is 10. The van der Waals surface area contributed by atoms with Gasteiger partial charge in [-0.05, 0) is 25.8 Å². The molecule has 0 aliphatic heterocycles. The summed E-state index contributed by atoms with van der Waals surface area (Å²) in [4.78, 5) is 0. The molecule has 1 aromatic rings. The lowest BCUT2D eigenvalue weighted by Gasteiger charge is -2.26. The van der Waals surface area contributed by atoms with Crippen LogP contribution in [0.15, 0.2) is 43.0 Å². The van der Waals surface area contributed by atoms with E-state index in [1.54, 1.807) is 13.8 Å². The highest BCUT2D eigenvalue weighted by molar-refractivity contribution is 7.51. The number of nitrogens with one attached hydrogen (secondary N) is 1. The van der Waals surface area contributed by atoms with Crippen LogP contribution >= 0.6 is 7.75 Å². The maximum atomic E-state index is 12.3. The van der Waals surface area contributed by atoms with Gasteiger partial charge in [-0.2, -0.15) is 0 Å². The Morgan fingerprint density at radius 1 is 1.29 bits per heavy atom. The van der Waals surface area contributed by atoms with Gasteiger partial charge in [-0.3, -0.25) is 9.05 Å². The molecular weight excluding hydrogens is 289 g/mol. The Morgan fingerprint density at radius 2 is 1.86 bits per heavy atom. The zero-order valence-electron chi connectivity index (χ0n) is 12.6. The second-order valence-corrected chi connectivity index (χ2v) is 6.31. The predicted molar refractivity (Wildman–Crippen MR) is 84.0 cm³/mol. The molecule has 0 bridgehead atoms. The molecule has 21 heavy (non-hydrogen) atoms. The molecule has 118 valence electrons. The van der Waals surface area contributed by atoms with E-state index in [0.717, 1.165) is 5.56 Å². The van der Waals surface area contributed by atoms with E-state index in [1.165, 1.54) is 6.08 Å². The summed E-state index contributed by atoms with van der Waals surface area (Å²) in [5.41, 5.74) is -0.443. The average Bonchev–Trinajstić information content (AvgIpc) is 2.48. The van der Waals surface area contributed by atoms with Crippen molar-refractivity contribution in [2.24, 2.45) is 0 Å². The zero-order chi connectivity index (χ0) is 15.8. The van der Waals surface area contributed by atoms with Crippen molar-refractivity contribution in [3.63, 3.8) is 0 Å². The van der Waals surface area contributed by atoms with Gasteiger partial charge in [0.2, 0.25) is 0 Å². The monoisotopic (exact) mass is 313 g/mol. The molecule has 2 N–H and O–H groups in total. The molecule has 0 spiro atoms. The van der Waals surface area contributed by atoms with E-state index in [1.807, 2.05) is 30.3 Å². The Bertz CT molecular complexity index is 470. The summed E-state index contributed by atoms with van der Waals surface area (Å²) in [6.07, 6.45) is 1.79. The third-order valence-electron chi connectivity index (χ3n) is 3.02. The Hall–Kier alpha value is -0.970. The maximum Gasteiger partial charge on any atom is 0.405 e. The van der Waals surface area contributed by atoms with Crippen molar-refractivity contribution in [3.05, 3.63) is 48.6 Å². The highest BCUT2D eigenvalue weighted by Crippen LogP contribution is 2.43. The molecule has 6 heteroatoms. The summed E-state index contributed by atoms with van der Waals surface area (Å²) in [5, 5.41) is 13.4. The van der Waals surface area contributed by atoms with Crippen LogP contribution in [-0.4, -0.2) is 24.9 Å². The van der Waals surface area contributed by atoms with Gasteiger partial charge in [-0.25, -0.2) is 9.65 Å². The predicted octanol–water partition coefficient (Wildman–Crippen LogP) is 3.22. The molecule has 0 heterocycles. The molecule has 0 saturated carbocycles. The molecule has 0 aliphatic carbocycles. The first-order chi connectivity index (χ1) is 9.99. The molecule has 1 unspecified atom stereocenters. The molecule has 0 radical (unpaired) electrons. The van der Waals surface area contributed by atoms with E-state index in [0.29, 0.717) is 6.42 Å². The fraction of sp³-hybridized carbons (Fsp3) is 0.467. The molecule has 1 aromatic carbocycles. The number of benzene rings is 1. The minimum atomic E-state index is -3.30. The van der Waals surface area contributed by atoms with Crippen molar-refractivity contribution in [1.82, 2.24) is 5.09 Å². The van der Waals surface area contributed by atoms with Crippen LogP contribution in [-0.2, 0) is 19.2 Å². The van der Waals surface area contributed by atoms with Crippen LogP contribution in [0.3, 0.4) is 0 Å². The van der Waals surface area contributed by atoms with Crippen LogP contribution in [0.5, 0.6) is 0 Å². The second kappa shape index (κ2) is 8.47. The Labute approximate surface area is 126 Å². The summed E-state index contributed by atoms with van der Waals surface area (Å²) >= 11 is 0. The van der Waals surface area contributed by atoms with Crippen LogP contribution < -0.4 is 5.09 Å². The molecule has 0 fully saturated rings. The van der Waals surface area contributed by atoms with Gasteiger partial charge in [0.25, 0.3) is 0 Å². The van der Waals surface area contributed by atoms with Crippen LogP contribution in [0.4, 0.5) is 0 Å². The van der Waals surface area contributed by atoms with Gasteiger partial charge in [0.05, 0.1) is 13.2 Å². The highest BCUT2D eigenvalue weighted by atomic mass is 31.2. The van der Waals surface area contributed by atoms with Crippen molar-refractivity contribution in [1.29, 1.82) is 0 Å². The SMILES string of the molecule is C=CC(O)(CCNP(=O)(OCC)OCC)c1ccccc1. The number of hydrogen-bond acceptors (Lipinski definition) is 4. The van der Waals surface area contributed by atoms with E-state index in [4.69, 9.17) is 9.05 Å². The van der Waals surface area contributed by atoms with Gasteiger partial charge >= 0.3 is 7.75 Å². The van der Waals surface area contributed by atoms with Crippen LogP contribution in [0.2, 0.25) is 0 Å². The van der Waals surface area contributed by atoms with Gasteiger partial charge in [0.1, 0.15) is 5.60 Å². The zero-order valence-corrected chi connectivity index (χ0v) is 13.5. The first-order valence-electron chi connectivity index (χ1n) is 7.05. The topological polar surface area (TPSA) is 67.8 Å². The molecule has 5 nitrogen and oxygen atoms in total. The lowest BCUT2D eigenvalue weighted by atomic mass is 9.91.